The largest absolute Gasteiger partial charge is 0.481 e. The van der Waals surface area contributed by atoms with Crippen LogP contribution >= 0.6 is 0 Å². The zero-order valence-corrected chi connectivity index (χ0v) is 13.1. The molecule has 0 unspecified atom stereocenters. The van der Waals surface area contributed by atoms with Crippen LogP contribution < -0.4 is 0 Å². The Morgan fingerprint density at radius 1 is 1.35 bits per heavy atom. The number of amides is 1. The second kappa shape index (κ2) is 6.42. The summed E-state index contributed by atoms with van der Waals surface area (Å²) in [5.41, 5.74) is 2.09. The number of hydrogen-bond acceptors (Lipinski definition) is 3. The summed E-state index contributed by atoms with van der Waals surface area (Å²) in [6.45, 7) is 1.24. The highest BCUT2D eigenvalue weighted by atomic mass is 16.5. The topological polar surface area (TPSA) is 71.8 Å². The first kappa shape index (κ1) is 15.6. The van der Waals surface area contributed by atoms with E-state index >= 15 is 0 Å². The maximum atomic E-state index is 12.6. The zero-order chi connectivity index (χ0) is 16.4. The lowest BCUT2D eigenvalue weighted by Gasteiger charge is -2.32. The molecule has 1 aliphatic heterocycles. The Labute approximate surface area is 134 Å². The third kappa shape index (κ3) is 3.37. The fraction of sp³-hybridized carbons (Fsp3) is 0.412. The van der Waals surface area contributed by atoms with E-state index < -0.39 is 12.1 Å². The van der Waals surface area contributed by atoms with E-state index in [1.54, 1.807) is 4.90 Å². The van der Waals surface area contributed by atoms with Crippen molar-refractivity contribution in [2.45, 2.75) is 18.9 Å². The molecule has 1 atom stereocenters. The van der Waals surface area contributed by atoms with E-state index in [0.717, 1.165) is 16.5 Å². The van der Waals surface area contributed by atoms with Gasteiger partial charge in [-0.3, -0.25) is 9.59 Å². The molecule has 6 nitrogen and oxygen atoms in total. The molecular weight excluding hydrogens is 296 g/mol. The van der Waals surface area contributed by atoms with Crippen LogP contribution in [0.5, 0.6) is 0 Å². The maximum absolute atomic E-state index is 12.6. The molecule has 1 fully saturated rings. The lowest BCUT2D eigenvalue weighted by atomic mass is 10.1. The van der Waals surface area contributed by atoms with Crippen LogP contribution in [-0.2, 0) is 27.8 Å². The quantitative estimate of drug-likeness (QED) is 0.926. The molecule has 0 aliphatic carbocycles. The van der Waals surface area contributed by atoms with Crippen LogP contribution in [0.1, 0.15) is 12.0 Å². The number of aliphatic carboxylic acids is 1. The summed E-state index contributed by atoms with van der Waals surface area (Å²) in [5.74, 6) is -0.890. The van der Waals surface area contributed by atoms with E-state index in [9.17, 15) is 9.59 Å². The first-order valence-corrected chi connectivity index (χ1v) is 7.68. The number of carboxylic acid groups (broad SMARTS) is 1. The number of para-hydroxylation sites is 1. The molecule has 0 radical (unpaired) electrons. The fourth-order valence-corrected chi connectivity index (χ4v) is 3.11. The minimum atomic E-state index is -0.904. The van der Waals surface area contributed by atoms with Gasteiger partial charge >= 0.3 is 5.97 Å². The number of nitrogens with zero attached hydrogens (tertiary/aromatic N) is 2. The van der Waals surface area contributed by atoms with Crippen molar-refractivity contribution in [3.05, 3.63) is 36.0 Å². The minimum absolute atomic E-state index is 0.0139. The van der Waals surface area contributed by atoms with Gasteiger partial charge in [0.2, 0.25) is 5.91 Å². The Morgan fingerprint density at radius 3 is 2.91 bits per heavy atom. The summed E-state index contributed by atoms with van der Waals surface area (Å²) in [6, 6.07) is 7.99. The van der Waals surface area contributed by atoms with Crippen LogP contribution in [0.3, 0.4) is 0 Å². The third-order valence-corrected chi connectivity index (χ3v) is 4.21. The van der Waals surface area contributed by atoms with E-state index in [-0.39, 0.29) is 12.3 Å². The number of carbonyl (C=O) groups is 2. The van der Waals surface area contributed by atoms with Crippen LogP contribution in [0.2, 0.25) is 0 Å². The van der Waals surface area contributed by atoms with Gasteiger partial charge in [0.05, 0.1) is 25.6 Å². The molecule has 0 bridgehead atoms. The SMILES string of the molecule is Cn1cc(CC(=O)N2CCO[C@@H](CC(=O)O)C2)c2ccccc21. The predicted molar refractivity (Wildman–Crippen MR) is 85.2 cm³/mol. The number of rotatable bonds is 4. The van der Waals surface area contributed by atoms with E-state index in [1.807, 2.05) is 42.1 Å². The molecule has 3 rings (SSSR count). The van der Waals surface area contributed by atoms with Crippen molar-refractivity contribution in [1.82, 2.24) is 9.47 Å². The van der Waals surface area contributed by atoms with Gasteiger partial charge in [-0.1, -0.05) is 18.2 Å². The number of ether oxygens (including phenoxy) is 1. The normalized spacial score (nSPS) is 18.3. The van der Waals surface area contributed by atoms with E-state index in [1.165, 1.54) is 0 Å². The number of hydrogen-bond donors (Lipinski definition) is 1. The van der Waals surface area contributed by atoms with Gasteiger partial charge in [0.1, 0.15) is 0 Å². The number of carbonyl (C=O) groups excluding carboxylic acids is 1. The highest BCUT2D eigenvalue weighted by Gasteiger charge is 2.26. The van der Waals surface area contributed by atoms with Crippen molar-refractivity contribution in [2.24, 2.45) is 7.05 Å². The molecule has 1 aliphatic rings. The summed E-state index contributed by atoms with van der Waals surface area (Å²) in [4.78, 5) is 25.1. The van der Waals surface area contributed by atoms with Crippen LogP contribution in [0.15, 0.2) is 30.5 Å². The minimum Gasteiger partial charge on any atom is -0.481 e. The molecule has 1 aromatic carbocycles. The maximum Gasteiger partial charge on any atom is 0.306 e. The Kier molecular flexibility index (Phi) is 4.34. The lowest BCUT2D eigenvalue weighted by Crippen LogP contribution is -2.46. The average Bonchev–Trinajstić information content (AvgIpc) is 2.84. The van der Waals surface area contributed by atoms with E-state index in [2.05, 4.69) is 0 Å². The number of morpholine rings is 1. The number of benzene rings is 1. The number of aryl methyl sites for hydroxylation is 1. The molecule has 122 valence electrons. The van der Waals surface area contributed by atoms with Gasteiger partial charge in [-0.25, -0.2) is 0 Å². The van der Waals surface area contributed by atoms with Gasteiger partial charge in [-0.2, -0.15) is 0 Å². The number of aromatic nitrogens is 1. The summed E-state index contributed by atoms with van der Waals surface area (Å²) >= 11 is 0. The molecule has 1 saturated heterocycles. The van der Waals surface area contributed by atoms with E-state index in [0.29, 0.717) is 26.1 Å². The standard InChI is InChI=1S/C17H20N2O4/c1-18-10-12(14-4-2-3-5-15(14)18)8-16(20)19-6-7-23-13(11-19)9-17(21)22/h2-5,10,13H,6-9,11H2,1H3,(H,21,22)/t13-/m0/s1. The van der Waals surface area contributed by atoms with Crippen LogP contribution in [-0.4, -0.2) is 52.3 Å². The second-order valence-corrected chi connectivity index (χ2v) is 5.89. The van der Waals surface area contributed by atoms with Gasteiger partial charge in [0.15, 0.2) is 0 Å². The van der Waals surface area contributed by atoms with Crippen molar-refractivity contribution in [1.29, 1.82) is 0 Å². The van der Waals surface area contributed by atoms with E-state index in [4.69, 9.17) is 9.84 Å². The first-order valence-electron chi connectivity index (χ1n) is 7.68. The van der Waals surface area contributed by atoms with Crippen molar-refractivity contribution < 1.29 is 19.4 Å². The molecular formula is C17H20N2O4. The lowest BCUT2D eigenvalue weighted by molar-refractivity contribution is -0.147. The predicted octanol–water partition coefficient (Wildman–Crippen LogP) is 1.42. The third-order valence-electron chi connectivity index (χ3n) is 4.21. The van der Waals surface area contributed by atoms with Crippen LogP contribution in [0.4, 0.5) is 0 Å². The van der Waals surface area contributed by atoms with Crippen molar-refractivity contribution in [3.63, 3.8) is 0 Å². The van der Waals surface area contributed by atoms with Crippen LogP contribution in [0.25, 0.3) is 10.9 Å². The first-order chi connectivity index (χ1) is 11.0. The number of fused-ring (bicyclic) bond motifs is 1. The monoisotopic (exact) mass is 316 g/mol. The number of carboxylic acids is 1. The summed E-state index contributed by atoms with van der Waals surface area (Å²) in [6.07, 6.45) is 1.81. The average molecular weight is 316 g/mol. The molecule has 1 amide bonds. The molecule has 0 spiro atoms. The highest BCUT2D eigenvalue weighted by molar-refractivity contribution is 5.89. The summed E-state index contributed by atoms with van der Waals surface area (Å²) < 4.78 is 7.43. The summed E-state index contributed by atoms with van der Waals surface area (Å²) in [7, 11) is 1.97. The highest BCUT2D eigenvalue weighted by Crippen LogP contribution is 2.21. The summed E-state index contributed by atoms with van der Waals surface area (Å²) in [5, 5.41) is 9.94. The Morgan fingerprint density at radius 2 is 2.13 bits per heavy atom. The van der Waals surface area contributed by atoms with Crippen molar-refractivity contribution >= 4 is 22.8 Å². The molecule has 6 heteroatoms. The molecule has 1 N–H and O–H groups in total. The molecule has 0 saturated carbocycles. The molecule has 23 heavy (non-hydrogen) atoms. The van der Waals surface area contributed by atoms with Gasteiger partial charge in [0, 0.05) is 37.2 Å². The molecule has 1 aromatic heterocycles. The van der Waals surface area contributed by atoms with Gasteiger partial charge in [-0.15, -0.1) is 0 Å². The zero-order valence-electron chi connectivity index (χ0n) is 13.1. The van der Waals surface area contributed by atoms with Gasteiger partial charge in [-0.05, 0) is 11.6 Å². The molecule has 2 heterocycles. The van der Waals surface area contributed by atoms with Crippen LogP contribution in [0, 0.1) is 0 Å². The van der Waals surface area contributed by atoms with Gasteiger partial charge in [0.25, 0.3) is 0 Å². The Balaban J connectivity index is 1.72. The Hall–Kier alpha value is -2.34. The second-order valence-electron chi connectivity index (χ2n) is 5.89. The smallest absolute Gasteiger partial charge is 0.306 e. The van der Waals surface area contributed by atoms with Crippen molar-refractivity contribution in [2.75, 3.05) is 19.7 Å². The van der Waals surface area contributed by atoms with Crippen molar-refractivity contribution in [3.8, 4) is 0 Å². The fourth-order valence-electron chi connectivity index (χ4n) is 3.11. The van der Waals surface area contributed by atoms with Gasteiger partial charge < -0.3 is 19.3 Å². The molecule has 2 aromatic rings. The Bertz CT molecular complexity index is 737.